The first-order chi connectivity index (χ1) is 11.0. The van der Waals surface area contributed by atoms with Gasteiger partial charge in [-0.25, -0.2) is 0 Å². The van der Waals surface area contributed by atoms with E-state index in [-0.39, 0.29) is 5.91 Å². The summed E-state index contributed by atoms with van der Waals surface area (Å²) in [5.74, 6) is 0.291. The first-order valence-electron chi connectivity index (χ1n) is 7.91. The van der Waals surface area contributed by atoms with E-state index >= 15 is 0 Å². The number of carbonyl (C=O) groups is 1. The maximum Gasteiger partial charge on any atom is 0.269 e. The third-order valence-corrected chi connectivity index (χ3v) is 3.39. The van der Waals surface area contributed by atoms with Gasteiger partial charge in [-0.3, -0.25) is 9.78 Å². The van der Waals surface area contributed by atoms with Crippen LogP contribution in [0.25, 0.3) is 0 Å². The van der Waals surface area contributed by atoms with E-state index in [1.165, 1.54) is 5.56 Å². The zero-order valence-corrected chi connectivity index (χ0v) is 14.0. The molecule has 2 aromatic rings. The number of hydrogen-bond donors (Lipinski definition) is 1. The highest BCUT2D eigenvalue weighted by atomic mass is 16.5. The smallest absolute Gasteiger partial charge is 0.269 e. The van der Waals surface area contributed by atoms with Gasteiger partial charge >= 0.3 is 0 Å². The van der Waals surface area contributed by atoms with E-state index in [1.54, 1.807) is 12.3 Å². The molecule has 122 valence electrons. The molecule has 1 aromatic carbocycles. The summed E-state index contributed by atoms with van der Waals surface area (Å²) in [5.41, 5.74) is 3.78. The maximum absolute atomic E-state index is 11.9. The van der Waals surface area contributed by atoms with Crippen LogP contribution in [-0.4, -0.2) is 17.4 Å². The summed E-state index contributed by atoms with van der Waals surface area (Å²) >= 11 is 0. The standard InChI is InChI=1S/C19H24N2O2/c1-14(2)10-21-19(22)18-9-8-17(11-20-18)13-23-12-16-6-4-15(3)5-7-16/h4-9,11,14H,10,12-13H2,1-3H3,(H,21,22). The molecular weight excluding hydrogens is 288 g/mol. The molecule has 0 bridgehead atoms. The number of benzene rings is 1. The van der Waals surface area contributed by atoms with Crippen molar-refractivity contribution in [1.29, 1.82) is 0 Å². The van der Waals surface area contributed by atoms with Gasteiger partial charge in [-0.2, -0.15) is 0 Å². The minimum absolute atomic E-state index is 0.133. The van der Waals surface area contributed by atoms with Crippen molar-refractivity contribution in [2.45, 2.75) is 34.0 Å². The van der Waals surface area contributed by atoms with Crippen LogP contribution in [0.1, 0.15) is 41.0 Å². The number of amides is 1. The van der Waals surface area contributed by atoms with Gasteiger partial charge in [0.15, 0.2) is 0 Å². The van der Waals surface area contributed by atoms with E-state index in [9.17, 15) is 4.79 Å². The van der Waals surface area contributed by atoms with Crippen LogP contribution in [0, 0.1) is 12.8 Å². The summed E-state index contributed by atoms with van der Waals surface area (Å²) in [4.78, 5) is 16.1. The fourth-order valence-electron chi connectivity index (χ4n) is 2.00. The van der Waals surface area contributed by atoms with Crippen molar-refractivity contribution in [3.8, 4) is 0 Å². The number of carbonyl (C=O) groups excluding carboxylic acids is 1. The molecule has 2 rings (SSSR count). The minimum Gasteiger partial charge on any atom is -0.372 e. The second-order valence-corrected chi connectivity index (χ2v) is 6.13. The Kier molecular flexibility index (Phi) is 6.29. The number of aromatic nitrogens is 1. The SMILES string of the molecule is Cc1ccc(COCc2ccc(C(=O)NCC(C)C)nc2)cc1. The Morgan fingerprint density at radius 2 is 1.74 bits per heavy atom. The topological polar surface area (TPSA) is 51.2 Å². The molecule has 0 spiro atoms. The number of nitrogens with one attached hydrogen (secondary N) is 1. The van der Waals surface area contributed by atoms with Crippen molar-refractivity contribution >= 4 is 5.91 Å². The third-order valence-electron chi connectivity index (χ3n) is 3.39. The molecule has 1 amide bonds. The molecule has 1 N–H and O–H groups in total. The van der Waals surface area contributed by atoms with Crippen molar-refractivity contribution in [3.63, 3.8) is 0 Å². The lowest BCUT2D eigenvalue weighted by atomic mass is 10.2. The Hall–Kier alpha value is -2.20. The van der Waals surface area contributed by atoms with Gasteiger partial charge in [-0.05, 0) is 30.0 Å². The predicted molar refractivity (Wildman–Crippen MR) is 91.1 cm³/mol. The monoisotopic (exact) mass is 312 g/mol. The molecule has 0 unspecified atom stereocenters. The fourth-order valence-corrected chi connectivity index (χ4v) is 2.00. The molecule has 0 aliphatic heterocycles. The Morgan fingerprint density at radius 1 is 1.09 bits per heavy atom. The number of hydrogen-bond acceptors (Lipinski definition) is 3. The van der Waals surface area contributed by atoms with Crippen LogP contribution in [0.15, 0.2) is 42.6 Å². The van der Waals surface area contributed by atoms with Crippen LogP contribution in [0.3, 0.4) is 0 Å². The highest BCUT2D eigenvalue weighted by Gasteiger charge is 2.07. The van der Waals surface area contributed by atoms with Crippen LogP contribution < -0.4 is 5.32 Å². The van der Waals surface area contributed by atoms with Crippen molar-refractivity contribution < 1.29 is 9.53 Å². The van der Waals surface area contributed by atoms with Crippen molar-refractivity contribution in [2.24, 2.45) is 5.92 Å². The number of rotatable bonds is 7. The quantitative estimate of drug-likeness (QED) is 0.851. The first-order valence-corrected chi connectivity index (χ1v) is 7.91. The van der Waals surface area contributed by atoms with Crippen molar-refractivity contribution in [3.05, 3.63) is 65.0 Å². The summed E-state index contributed by atoms with van der Waals surface area (Å²) in [6, 6.07) is 11.9. The lowest BCUT2D eigenvalue weighted by molar-refractivity contribution is 0.0942. The summed E-state index contributed by atoms with van der Waals surface area (Å²) in [6.45, 7) is 7.88. The maximum atomic E-state index is 11.9. The Bertz CT molecular complexity index is 619. The molecule has 1 heterocycles. The lowest BCUT2D eigenvalue weighted by Crippen LogP contribution is -2.28. The van der Waals surface area contributed by atoms with Gasteiger partial charge in [0, 0.05) is 12.7 Å². The van der Waals surface area contributed by atoms with E-state index in [0.29, 0.717) is 31.4 Å². The van der Waals surface area contributed by atoms with Gasteiger partial charge in [-0.1, -0.05) is 49.7 Å². The van der Waals surface area contributed by atoms with Gasteiger partial charge in [-0.15, -0.1) is 0 Å². The average Bonchev–Trinajstić information content (AvgIpc) is 2.55. The van der Waals surface area contributed by atoms with Gasteiger partial charge < -0.3 is 10.1 Å². The van der Waals surface area contributed by atoms with E-state index in [4.69, 9.17) is 4.74 Å². The summed E-state index contributed by atoms with van der Waals surface area (Å²) in [6.07, 6.45) is 1.69. The molecule has 23 heavy (non-hydrogen) atoms. The zero-order chi connectivity index (χ0) is 16.7. The van der Waals surface area contributed by atoms with E-state index in [1.807, 2.05) is 6.07 Å². The predicted octanol–water partition coefficient (Wildman–Crippen LogP) is 3.49. The number of pyridine rings is 1. The lowest BCUT2D eigenvalue weighted by Gasteiger charge is -2.08. The molecular formula is C19H24N2O2. The van der Waals surface area contributed by atoms with Crippen LogP contribution >= 0.6 is 0 Å². The highest BCUT2D eigenvalue weighted by molar-refractivity contribution is 5.92. The van der Waals surface area contributed by atoms with Gasteiger partial charge in [0.25, 0.3) is 5.91 Å². The van der Waals surface area contributed by atoms with Crippen LogP contribution in [-0.2, 0) is 18.0 Å². The second kappa shape index (κ2) is 8.44. The van der Waals surface area contributed by atoms with Crippen molar-refractivity contribution in [2.75, 3.05) is 6.54 Å². The fraction of sp³-hybridized carbons (Fsp3) is 0.368. The molecule has 0 radical (unpaired) electrons. The molecule has 1 aromatic heterocycles. The molecule has 0 aliphatic carbocycles. The van der Waals surface area contributed by atoms with E-state index < -0.39 is 0 Å². The second-order valence-electron chi connectivity index (χ2n) is 6.13. The molecule has 4 heteroatoms. The zero-order valence-electron chi connectivity index (χ0n) is 14.0. The Balaban J connectivity index is 1.80. The van der Waals surface area contributed by atoms with E-state index in [0.717, 1.165) is 11.1 Å². The first kappa shape index (κ1) is 17.2. The normalized spacial score (nSPS) is 10.8. The van der Waals surface area contributed by atoms with Crippen LogP contribution in [0.5, 0.6) is 0 Å². The summed E-state index contributed by atoms with van der Waals surface area (Å²) in [5, 5.41) is 2.85. The Labute approximate surface area is 137 Å². The summed E-state index contributed by atoms with van der Waals surface area (Å²) < 4.78 is 5.68. The molecule has 4 nitrogen and oxygen atoms in total. The number of ether oxygens (including phenoxy) is 1. The largest absolute Gasteiger partial charge is 0.372 e. The van der Waals surface area contributed by atoms with E-state index in [2.05, 4.69) is 55.3 Å². The highest BCUT2D eigenvalue weighted by Crippen LogP contribution is 2.08. The molecule has 0 atom stereocenters. The molecule has 0 aliphatic rings. The molecule has 0 saturated carbocycles. The Morgan fingerprint density at radius 3 is 2.35 bits per heavy atom. The average molecular weight is 312 g/mol. The number of aryl methyl sites for hydroxylation is 1. The van der Waals surface area contributed by atoms with Gasteiger partial charge in [0.1, 0.15) is 5.69 Å². The summed E-state index contributed by atoms with van der Waals surface area (Å²) in [7, 11) is 0. The van der Waals surface area contributed by atoms with Gasteiger partial charge in [0.05, 0.1) is 13.2 Å². The van der Waals surface area contributed by atoms with Crippen molar-refractivity contribution in [1.82, 2.24) is 10.3 Å². The minimum atomic E-state index is -0.133. The van der Waals surface area contributed by atoms with Crippen LogP contribution in [0.2, 0.25) is 0 Å². The molecule has 0 fully saturated rings. The van der Waals surface area contributed by atoms with Gasteiger partial charge in [0.2, 0.25) is 0 Å². The molecule has 0 saturated heterocycles. The third kappa shape index (κ3) is 5.83. The van der Waals surface area contributed by atoms with Crippen LogP contribution in [0.4, 0.5) is 0 Å². The number of nitrogens with zero attached hydrogens (tertiary/aromatic N) is 1.